The van der Waals surface area contributed by atoms with Gasteiger partial charge < -0.3 is 10.9 Å². The van der Waals surface area contributed by atoms with Gasteiger partial charge in [0.05, 0.1) is 0 Å². The van der Waals surface area contributed by atoms with Crippen LogP contribution in [0.25, 0.3) is 0 Å². The van der Waals surface area contributed by atoms with Crippen LogP contribution >= 0.6 is 11.8 Å². The van der Waals surface area contributed by atoms with Gasteiger partial charge >= 0.3 is 0 Å². The monoisotopic (exact) mass is 247 g/mol. The van der Waals surface area contributed by atoms with Crippen LogP contribution in [0.4, 0.5) is 0 Å². The number of amidine groups is 1. The fourth-order valence-electron chi connectivity index (χ4n) is 1.10. The molecule has 0 bridgehead atoms. The predicted octanol–water partition coefficient (Wildman–Crippen LogP) is 1.12. The van der Waals surface area contributed by atoms with Crippen LogP contribution in [0.3, 0.4) is 0 Å². The predicted molar refractivity (Wildman–Crippen MR) is 62.9 cm³/mol. The second-order valence-corrected chi connectivity index (χ2v) is 4.06. The largest absolute Gasteiger partial charge is 0.409 e. The highest BCUT2D eigenvalue weighted by atomic mass is 32.2. The molecular weight excluding hydrogens is 238 g/mol. The molecule has 86 valence electrons. The van der Waals surface area contributed by atoms with Gasteiger partial charge in [0.1, 0.15) is 16.4 Å². The quantitative estimate of drug-likeness (QED) is 0.277. The molecule has 0 aliphatic heterocycles. The summed E-state index contributed by atoms with van der Waals surface area (Å²) < 4.78 is 0. The van der Waals surface area contributed by atoms with Gasteiger partial charge in [-0.3, -0.25) is 0 Å². The fraction of sp³-hybridized carbons (Fsp3) is 0. The van der Waals surface area contributed by atoms with Crippen LogP contribution in [0.2, 0.25) is 0 Å². The molecule has 0 spiro atoms. The Balaban J connectivity index is 2.14. The van der Waals surface area contributed by atoms with Gasteiger partial charge in [-0.15, -0.1) is 0 Å². The van der Waals surface area contributed by atoms with Gasteiger partial charge in [0.25, 0.3) is 0 Å². The lowest BCUT2D eigenvalue weighted by Crippen LogP contribution is -2.13. The number of hydrogen-bond acceptors (Lipinski definition) is 6. The molecule has 3 N–H and O–H groups in total. The number of oxime groups is 1. The number of rotatable bonds is 3. The molecule has 0 aromatic carbocycles. The van der Waals surface area contributed by atoms with Crippen molar-refractivity contribution in [2.24, 2.45) is 10.9 Å². The van der Waals surface area contributed by atoms with E-state index in [1.165, 1.54) is 18.1 Å². The number of hydrogen-bond donors (Lipinski definition) is 2. The number of aromatic nitrogens is 3. The number of nitrogens with zero attached hydrogens (tertiary/aromatic N) is 4. The van der Waals surface area contributed by atoms with E-state index in [-0.39, 0.29) is 5.84 Å². The van der Waals surface area contributed by atoms with Gasteiger partial charge in [-0.05, 0) is 30.0 Å². The molecule has 0 aliphatic rings. The summed E-state index contributed by atoms with van der Waals surface area (Å²) in [4.78, 5) is 12.1. The van der Waals surface area contributed by atoms with Gasteiger partial charge in [0.2, 0.25) is 0 Å². The molecule has 7 heteroatoms. The molecule has 2 rings (SSSR count). The zero-order chi connectivity index (χ0) is 12.1. The first-order chi connectivity index (χ1) is 8.29. The van der Waals surface area contributed by atoms with Crippen molar-refractivity contribution in [3.63, 3.8) is 0 Å². The molecule has 0 saturated carbocycles. The molecule has 0 amide bonds. The van der Waals surface area contributed by atoms with Gasteiger partial charge in [0.15, 0.2) is 5.84 Å². The first-order valence-electron chi connectivity index (χ1n) is 4.67. The van der Waals surface area contributed by atoms with E-state index in [0.717, 1.165) is 10.1 Å². The Morgan fingerprint density at radius 2 is 2.06 bits per heavy atom. The summed E-state index contributed by atoms with van der Waals surface area (Å²) in [6.07, 6.45) is 4.69. The Bertz CT molecular complexity index is 514. The first kappa shape index (κ1) is 11.3. The molecular formula is C10H9N5OS. The summed E-state index contributed by atoms with van der Waals surface area (Å²) in [7, 11) is 0. The van der Waals surface area contributed by atoms with Crippen molar-refractivity contribution >= 4 is 17.6 Å². The highest BCUT2D eigenvalue weighted by Gasteiger charge is 2.02. The van der Waals surface area contributed by atoms with Crippen LogP contribution in [-0.4, -0.2) is 26.0 Å². The van der Waals surface area contributed by atoms with E-state index in [2.05, 4.69) is 20.1 Å². The normalized spacial score (nSPS) is 11.4. The molecule has 0 radical (unpaired) electrons. The van der Waals surface area contributed by atoms with Crippen molar-refractivity contribution in [2.45, 2.75) is 10.1 Å². The number of pyridine rings is 1. The molecule has 2 aromatic rings. The SMILES string of the molecule is NC(=NO)c1ccc(Sc2ccncn2)nc1. The summed E-state index contributed by atoms with van der Waals surface area (Å²) in [6.45, 7) is 0. The minimum absolute atomic E-state index is 0.0380. The van der Waals surface area contributed by atoms with Gasteiger partial charge in [-0.2, -0.15) is 0 Å². The van der Waals surface area contributed by atoms with Crippen molar-refractivity contribution in [1.82, 2.24) is 15.0 Å². The molecule has 0 aliphatic carbocycles. The van der Waals surface area contributed by atoms with Crippen molar-refractivity contribution in [3.8, 4) is 0 Å². The Morgan fingerprint density at radius 1 is 1.24 bits per heavy atom. The van der Waals surface area contributed by atoms with E-state index in [1.807, 2.05) is 0 Å². The average molecular weight is 247 g/mol. The van der Waals surface area contributed by atoms with Gasteiger partial charge in [0, 0.05) is 18.0 Å². The lowest BCUT2D eigenvalue weighted by atomic mass is 10.3. The Hall–Kier alpha value is -2.15. The molecule has 0 fully saturated rings. The number of nitrogens with two attached hydrogens (primary N) is 1. The van der Waals surface area contributed by atoms with E-state index in [9.17, 15) is 0 Å². The van der Waals surface area contributed by atoms with Crippen LogP contribution < -0.4 is 5.73 Å². The third-order valence-corrected chi connectivity index (χ3v) is 2.81. The second-order valence-electron chi connectivity index (χ2n) is 3.02. The van der Waals surface area contributed by atoms with Crippen molar-refractivity contribution < 1.29 is 5.21 Å². The standard InChI is InChI=1S/C10H9N5OS/c11-10(15-16)7-1-2-8(13-5-7)17-9-3-4-12-6-14-9/h1-6,16H,(H2,11,15). The van der Waals surface area contributed by atoms with Crippen molar-refractivity contribution in [3.05, 3.63) is 42.5 Å². The Morgan fingerprint density at radius 3 is 2.65 bits per heavy atom. The van der Waals surface area contributed by atoms with Crippen molar-refractivity contribution in [2.75, 3.05) is 0 Å². The van der Waals surface area contributed by atoms with E-state index >= 15 is 0 Å². The first-order valence-corrected chi connectivity index (χ1v) is 5.49. The molecule has 2 heterocycles. The van der Waals surface area contributed by atoms with Crippen LogP contribution in [0.15, 0.2) is 52.1 Å². The zero-order valence-electron chi connectivity index (χ0n) is 8.69. The topological polar surface area (TPSA) is 97.3 Å². The maximum atomic E-state index is 8.51. The van der Waals surface area contributed by atoms with E-state index in [4.69, 9.17) is 10.9 Å². The maximum Gasteiger partial charge on any atom is 0.171 e. The molecule has 0 saturated heterocycles. The summed E-state index contributed by atoms with van der Waals surface area (Å²) >= 11 is 1.41. The smallest absolute Gasteiger partial charge is 0.171 e. The van der Waals surface area contributed by atoms with E-state index in [0.29, 0.717) is 5.56 Å². The third kappa shape index (κ3) is 2.91. The molecule has 0 atom stereocenters. The molecule has 6 nitrogen and oxygen atoms in total. The summed E-state index contributed by atoms with van der Waals surface area (Å²) in [6, 6.07) is 5.30. The lowest BCUT2D eigenvalue weighted by Gasteiger charge is -2.01. The van der Waals surface area contributed by atoms with Gasteiger partial charge in [-0.25, -0.2) is 15.0 Å². The second kappa shape index (κ2) is 5.26. The Labute approximate surface area is 102 Å². The Kier molecular flexibility index (Phi) is 3.51. The van der Waals surface area contributed by atoms with Crippen LogP contribution in [-0.2, 0) is 0 Å². The zero-order valence-corrected chi connectivity index (χ0v) is 9.50. The average Bonchev–Trinajstić information content (AvgIpc) is 2.40. The molecule has 2 aromatic heterocycles. The highest BCUT2D eigenvalue weighted by Crippen LogP contribution is 2.22. The minimum atomic E-state index is 0.0380. The highest BCUT2D eigenvalue weighted by molar-refractivity contribution is 7.99. The van der Waals surface area contributed by atoms with Gasteiger partial charge in [-0.1, -0.05) is 5.16 Å². The summed E-state index contributed by atoms with van der Waals surface area (Å²) in [5, 5.41) is 13.0. The van der Waals surface area contributed by atoms with Crippen LogP contribution in [0, 0.1) is 0 Å². The van der Waals surface area contributed by atoms with Crippen LogP contribution in [0.5, 0.6) is 0 Å². The summed E-state index contributed by atoms with van der Waals surface area (Å²) in [5.41, 5.74) is 6.00. The van der Waals surface area contributed by atoms with E-state index in [1.54, 1.807) is 30.6 Å². The van der Waals surface area contributed by atoms with Crippen molar-refractivity contribution in [1.29, 1.82) is 0 Å². The fourth-order valence-corrected chi connectivity index (χ4v) is 1.78. The molecule has 17 heavy (non-hydrogen) atoms. The third-order valence-electron chi connectivity index (χ3n) is 1.90. The maximum absolute atomic E-state index is 8.51. The van der Waals surface area contributed by atoms with E-state index < -0.39 is 0 Å². The molecule has 0 unspecified atom stereocenters. The minimum Gasteiger partial charge on any atom is -0.409 e. The lowest BCUT2D eigenvalue weighted by molar-refractivity contribution is 0.318. The summed E-state index contributed by atoms with van der Waals surface area (Å²) in [5.74, 6) is 0.0380. The van der Waals surface area contributed by atoms with Crippen LogP contribution in [0.1, 0.15) is 5.56 Å².